The normalized spacial score (nSPS) is 29.9. The van der Waals surface area contributed by atoms with Crippen LogP contribution in [-0.4, -0.2) is 44.4 Å². The molecule has 0 aromatic heterocycles. The molecule has 1 saturated heterocycles. The molecule has 2 fully saturated rings. The van der Waals surface area contributed by atoms with Gasteiger partial charge in [-0.05, 0) is 37.6 Å². The van der Waals surface area contributed by atoms with Crippen molar-refractivity contribution in [2.24, 2.45) is 11.8 Å². The number of piperidine rings is 1. The third-order valence-corrected chi connectivity index (χ3v) is 5.78. The minimum absolute atomic E-state index is 0.172. The lowest BCUT2D eigenvalue weighted by atomic mass is 9.98. The molecule has 1 aliphatic carbocycles. The van der Waals surface area contributed by atoms with Gasteiger partial charge < -0.3 is 5.32 Å². The maximum Gasteiger partial charge on any atom is 0.279 e. The van der Waals surface area contributed by atoms with Gasteiger partial charge in [-0.2, -0.15) is 17.4 Å². The zero-order chi connectivity index (χ0) is 14.0. The molecule has 0 amide bonds. The van der Waals surface area contributed by atoms with Gasteiger partial charge in [-0.25, -0.2) is 0 Å². The Bertz CT molecular complexity index is 389. The fourth-order valence-corrected chi connectivity index (χ4v) is 4.06. The smallest absolute Gasteiger partial charge is 0.279 e. The van der Waals surface area contributed by atoms with Crippen molar-refractivity contribution in [3.63, 3.8) is 0 Å². The quantitative estimate of drug-likeness (QED) is 0.765. The maximum absolute atomic E-state index is 12.2. The lowest BCUT2D eigenvalue weighted by molar-refractivity contribution is 0.261. The van der Waals surface area contributed by atoms with Gasteiger partial charge >= 0.3 is 0 Å². The second kappa shape index (κ2) is 6.08. The van der Waals surface area contributed by atoms with Gasteiger partial charge in [-0.3, -0.25) is 0 Å². The molecule has 0 aromatic rings. The van der Waals surface area contributed by atoms with Gasteiger partial charge in [0.25, 0.3) is 10.2 Å². The van der Waals surface area contributed by atoms with E-state index >= 15 is 0 Å². The van der Waals surface area contributed by atoms with Crippen molar-refractivity contribution < 1.29 is 8.42 Å². The van der Waals surface area contributed by atoms with E-state index < -0.39 is 10.2 Å². The summed E-state index contributed by atoms with van der Waals surface area (Å²) in [5, 5.41) is 3.43. The number of hydrogen-bond acceptors (Lipinski definition) is 3. The minimum atomic E-state index is -3.24. The molecule has 0 aromatic carbocycles. The van der Waals surface area contributed by atoms with Crippen LogP contribution >= 0.6 is 0 Å². The lowest BCUT2D eigenvalue weighted by Gasteiger charge is -2.31. The van der Waals surface area contributed by atoms with Crippen molar-refractivity contribution in [1.29, 1.82) is 0 Å². The predicted molar refractivity (Wildman–Crippen MR) is 77.1 cm³/mol. The van der Waals surface area contributed by atoms with E-state index in [1.54, 1.807) is 4.31 Å². The van der Waals surface area contributed by atoms with Crippen LogP contribution in [0.3, 0.4) is 0 Å². The van der Waals surface area contributed by atoms with E-state index in [4.69, 9.17) is 0 Å². The molecule has 0 radical (unpaired) electrons. The first-order valence-electron chi connectivity index (χ1n) is 7.39. The van der Waals surface area contributed by atoms with Crippen LogP contribution in [0.25, 0.3) is 0 Å². The Morgan fingerprint density at radius 1 is 1.26 bits per heavy atom. The summed E-state index contributed by atoms with van der Waals surface area (Å²) in [7, 11) is -3.24. The number of nitrogens with zero attached hydrogens (tertiary/aromatic N) is 1. The molecule has 6 heteroatoms. The third kappa shape index (κ3) is 4.41. The van der Waals surface area contributed by atoms with Gasteiger partial charge in [-0.15, -0.1) is 0 Å². The first kappa shape index (κ1) is 15.2. The highest BCUT2D eigenvalue weighted by Gasteiger charge is 2.38. The van der Waals surface area contributed by atoms with Gasteiger partial charge in [0, 0.05) is 25.2 Å². The number of rotatable bonds is 6. The predicted octanol–water partition coefficient (Wildman–Crippen LogP) is 0.939. The molecule has 0 bridgehead atoms. The summed E-state index contributed by atoms with van der Waals surface area (Å²) < 4.78 is 28.7. The Morgan fingerprint density at radius 2 is 1.84 bits per heavy atom. The average Bonchev–Trinajstić information content (AvgIpc) is 3.02. The number of nitrogens with one attached hydrogen (secondary N) is 2. The largest absolute Gasteiger partial charge is 0.314 e. The van der Waals surface area contributed by atoms with E-state index in [1.807, 2.05) is 0 Å². The second-order valence-corrected chi connectivity index (χ2v) is 8.05. The first-order chi connectivity index (χ1) is 8.88. The topological polar surface area (TPSA) is 61.4 Å². The molecule has 2 N–H and O–H groups in total. The SMILES string of the molecule is CC(C)NCC1CCN(S(=O)(=O)NC2CC2C)CC1. The summed E-state index contributed by atoms with van der Waals surface area (Å²) in [6, 6.07) is 0.671. The summed E-state index contributed by atoms with van der Waals surface area (Å²) in [6.07, 6.45) is 2.90. The van der Waals surface area contributed by atoms with Crippen molar-refractivity contribution in [1.82, 2.24) is 14.3 Å². The van der Waals surface area contributed by atoms with E-state index in [1.165, 1.54) is 0 Å². The zero-order valence-corrected chi connectivity index (χ0v) is 13.0. The van der Waals surface area contributed by atoms with Gasteiger partial charge in [0.1, 0.15) is 0 Å². The van der Waals surface area contributed by atoms with Crippen molar-refractivity contribution in [2.75, 3.05) is 19.6 Å². The van der Waals surface area contributed by atoms with Crippen molar-refractivity contribution in [3.05, 3.63) is 0 Å². The molecule has 1 aliphatic heterocycles. The van der Waals surface area contributed by atoms with E-state index in [9.17, 15) is 8.42 Å². The molecule has 1 saturated carbocycles. The molecule has 2 aliphatic rings. The van der Waals surface area contributed by atoms with E-state index in [0.29, 0.717) is 31.0 Å². The Labute approximate surface area is 117 Å². The van der Waals surface area contributed by atoms with Gasteiger partial charge in [-0.1, -0.05) is 20.8 Å². The molecule has 2 atom stereocenters. The van der Waals surface area contributed by atoms with Crippen LogP contribution in [-0.2, 0) is 10.2 Å². The standard InChI is InChI=1S/C13H27N3O2S/c1-10(2)14-9-12-4-6-16(7-5-12)19(17,18)15-13-8-11(13)3/h10-15H,4-9H2,1-3H3. The van der Waals surface area contributed by atoms with Gasteiger partial charge in [0.2, 0.25) is 0 Å². The van der Waals surface area contributed by atoms with Gasteiger partial charge in [0.05, 0.1) is 0 Å². The van der Waals surface area contributed by atoms with E-state index in [-0.39, 0.29) is 6.04 Å². The molecule has 5 nitrogen and oxygen atoms in total. The van der Waals surface area contributed by atoms with E-state index in [2.05, 4.69) is 30.8 Å². The summed E-state index contributed by atoms with van der Waals surface area (Å²) in [6.45, 7) is 8.66. The highest BCUT2D eigenvalue weighted by atomic mass is 32.2. The van der Waals surface area contributed by atoms with Crippen LogP contribution in [0.4, 0.5) is 0 Å². The summed E-state index contributed by atoms with van der Waals surface area (Å²) in [4.78, 5) is 0. The molecule has 0 spiro atoms. The Morgan fingerprint density at radius 3 is 2.32 bits per heavy atom. The van der Waals surface area contributed by atoms with Crippen LogP contribution in [0.2, 0.25) is 0 Å². The Hall–Kier alpha value is -0.170. The van der Waals surface area contributed by atoms with Crippen LogP contribution in [0.5, 0.6) is 0 Å². The third-order valence-electron chi connectivity index (χ3n) is 4.14. The maximum atomic E-state index is 12.2. The fraction of sp³-hybridized carbons (Fsp3) is 1.00. The van der Waals surface area contributed by atoms with Crippen LogP contribution in [0.15, 0.2) is 0 Å². The van der Waals surface area contributed by atoms with Crippen LogP contribution in [0, 0.1) is 11.8 Å². The van der Waals surface area contributed by atoms with Crippen LogP contribution < -0.4 is 10.0 Å². The first-order valence-corrected chi connectivity index (χ1v) is 8.83. The highest BCUT2D eigenvalue weighted by molar-refractivity contribution is 7.87. The monoisotopic (exact) mass is 289 g/mol. The molecule has 2 rings (SSSR count). The Balaban J connectivity index is 1.76. The highest BCUT2D eigenvalue weighted by Crippen LogP contribution is 2.30. The minimum Gasteiger partial charge on any atom is -0.314 e. The summed E-state index contributed by atoms with van der Waals surface area (Å²) in [5.74, 6) is 1.11. The molecule has 19 heavy (non-hydrogen) atoms. The molecular weight excluding hydrogens is 262 g/mol. The van der Waals surface area contributed by atoms with Crippen LogP contribution in [0.1, 0.15) is 40.0 Å². The molecular formula is C13H27N3O2S. The van der Waals surface area contributed by atoms with Crippen molar-refractivity contribution in [2.45, 2.75) is 52.1 Å². The van der Waals surface area contributed by atoms with Crippen molar-refractivity contribution >= 4 is 10.2 Å². The number of hydrogen-bond donors (Lipinski definition) is 2. The van der Waals surface area contributed by atoms with Crippen molar-refractivity contribution in [3.8, 4) is 0 Å². The average molecular weight is 289 g/mol. The summed E-state index contributed by atoms with van der Waals surface area (Å²) >= 11 is 0. The molecule has 1 heterocycles. The summed E-state index contributed by atoms with van der Waals surface area (Å²) in [5.41, 5.74) is 0. The van der Waals surface area contributed by atoms with Gasteiger partial charge in [0.15, 0.2) is 0 Å². The Kier molecular flexibility index (Phi) is 4.87. The zero-order valence-electron chi connectivity index (χ0n) is 12.2. The molecule has 2 unspecified atom stereocenters. The molecule has 112 valence electrons. The van der Waals surface area contributed by atoms with E-state index in [0.717, 1.165) is 25.8 Å². The lowest BCUT2D eigenvalue weighted by Crippen LogP contribution is -2.47. The fourth-order valence-electron chi connectivity index (χ4n) is 2.51. The second-order valence-electron chi connectivity index (χ2n) is 6.35.